The van der Waals surface area contributed by atoms with Crippen LogP contribution in [0.1, 0.15) is 149 Å². The lowest BCUT2D eigenvalue weighted by Crippen LogP contribution is -2.35. The molecule has 0 saturated heterocycles. The van der Waals surface area contributed by atoms with E-state index in [1.807, 2.05) is 0 Å². The molecule has 0 saturated carbocycles. The van der Waals surface area contributed by atoms with Crippen LogP contribution in [0.3, 0.4) is 0 Å². The van der Waals surface area contributed by atoms with Crippen LogP contribution in [0.2, 0.25) is 0 Å². The van der Waals surface area contributed by atoms with Gasteiger partial charge in [0.05, 0.1) is 6.42 Å². The van der Waals surface area contributed by atoms with Gasteiger partial charge in [-0.15, -0.1) is 0 Å². The molecule has 6 nitrogen and oxygen atoms in total. The number of aliphatic hydroxyl groups excluding tert-OH is 1. The first-order valence-corrected chi connectivity index (χ1v) is 14.5. The SMILES string of the molecule is CCCCCCCCCCCCNOC(=O)C(O)CC(=O)NCCCCCCCCCCCC. The van der Waals surface area contributed by atoms with E-state index >= 15 is 0 Å². The van der Waals surface area contributed by atoms with E-state index in [1.54, 1.807) is 0 Å². The normalized spacial score (nSPS) is 12.0. The summed E-state index contributed by atoms with van der Waals surface area (Å²) in [6.07, 6.45) is 23.3. The lowest BCUT2D eigenvalue weighted by molar-refractivity contribution is -0.162. The number of amides is 1. The summed E-state index contributed by atoms with van der Waals surface area (Å²) >= 11 is 0. The van der Waals surface area contributed by atoms with E-state index in [-0.39, 0.29) is 12.3 Å². The molecule has 1 amide bonds. The number of unbranched alkanes of at least 4 members (excludes halogenated alkanes) is 18. The Labute approximate surface area is 210 Å². The monoisotopic (exact) mass is 484 g/mol. The fraction of sp³-hybridized carbons (Fsp3) is 0.929. The van der Waals surface area contributed by atoms with Crippen molar-refractivity contribution < 1.29 is 19.5 Å². The zero-order chi connectivity index (χ0) is 25.1. The van der Waals surface area contributed by atoms with E-state index in [2.05, 4.69) is 24.6 Å². The van der Waals surface area contributed by atoms with Gasteiger partial charge in [-0.05, 0) is 12.8 Å². The topological polar surface area (TPSA) is 87.7 Å². The van der Waals surface area contributed by atoms with Gasteiger partial charge in [0.2, 0.25) is 5.91 Å². The zero-order valence-corrected chi connectivity index (χ0v) is 22.5. The fourth-order valence-corrected chi connectivity index (χ4v) is 4.05. The molecule has 0 spiro atoms. The van der Waals surface area contributed by atoms with E-state index in [1.165, 1.54) is 103 Å². The number of carbonyl (C=O) groups excluding carboxylic acids is 2. The maximum absolute atomic E-state index is 11.9. The molecule has 202 valence electrons. The number of nitrogens with one attached hydrogen (secondary N) is 2. The van der Waals surface area contributed by atoms with Crippen molar-refractivity contribution in [1.82, 2.24) is 10.8 Å². The van der Waals surface area contributed by atoms with E-state index in [4.69, 9.17) is 4.84 Å². The Morgan fingerprint density at radius 1 is 0.618 bits per heavy atom. The van der Waals surface area contributed by atoms with Gasteiger partial charge < -0.3 is 15.3 Å². The predicted molar refractivity (Wildman–Crippen MR) is 141 cm³/mol. The summed E-state index contributed by atoms with van der Waals surface area (Å²) in [5.74, 6) is -1.10. The molecule has 0 bridgehead atoms. The molecular weight excluding hydrogens is 428 g/mol. The molecule has 0 heterocycles. The van der Waals surface area contributed by atoms with Crippen molar-refractivity contribution >= 4 is 11.9 Å². The van der Waals surface area contributed by atoms with Gasteiger partial charge in [0.25, 0.3) is 0 Å². The average Bonchev–Trinajstić information content (AvgIpc) is 2.83. The van der Waals surface area contributed by atoms with Gasteiger partial charge in [0.1, 0.15) is 0 Å². The van der Waals surface area contributed by atoms with Crippen LogP contribution < -0.4 is 10.8 Å². The molecule has 0 aliphatic rings. The summed E-state index contributed by atoms with van der Waals surface area (Å²) in [7, 11) is 0. The molecule has 34 heavy (non-hydrogen) atoms. The van der Waals surface area contributed by atoms with Crippen molar-refractivity contribution in [3.63, 3.8) is 0 Å². The third kappa shape index (κ3) is 24.0. The second kappa shape index (κ2) is 26.5. The van der Waals surface area contributed by atoms with Crippen LogP contribution in [0.4, 0.5) is 0 Å². The second-order valence-electron chi connectivity index (χ2n) is 9.75. The summed E-state index contributed by atoms with van der Waals surface area (Å²) < 4.78 is 0. The number of carbonyl (C=O) groups is 2. The predicted octanol–water partition coefficient (Wildman–Crippen LogP) is 6.74. The number of hydrogen-bond acceptors (Lipinski definition) is 5. The van der Waals surface area contributed by atoms with Crippen LogP contribution in [0.15, 0.2) is 0 Å². The van der Waals surface area contributed by atoms with Crippen molar-refractivity contribution in [2.75, 3.05) is 13.1 Å². The molecule has 0 aromatic rings. The minimum atomic E-state index is -1.42. The Balaban J connectivity index is 3.45. The summed E-state index contributed by atoms with van der Waals surface area (Å²) in [4.78, 5) is 28.6. The van der Waals surface area contributed by atoms with Gasteiger partial charge in [-0.1, -0.05) is 129 Å². The number of rotatable bonds is 26. The molecule has 1 unspecified atom stereocenters. The van der Waals surface area contributed by atoms with Gasteiger partial charge in [-0.25, -0.2) is 4.79 Å². The quantitative estimate of drug-likeness (QED) is 0.0934. The molecule has 0 fully saturated rings. The summed E-state index contributed by atoms with van der Waals surface area (Å²) in [6, 6.07) is 0. The van der Waals surface area contributed by atoms with Gasteiger partial charge in [0.15, 0.2) is 6.10 Å². The average molecular weight is 485 g/mol. The third-order valence-corrected chi connectivity index (χ3v) is 6.31. The van der Waals surface area contributed by atoms with Crippen molar-refractivity contribution in [2.24, 2.45) is 0 Å². The standard InChI is InChI=1S/C28H56N2O4/c1-3-5-7-9-11-13-15-17-19-21-23-29-27(32)25-26(31)28(33)34-30-24-22-20-18-16-14-12-10-8-6-4-2/h26,30-31H,3-25H2,1-2H3,(H,29,32). The smallest absolute Gasteiger partial charge is 0.354 e. The van der Waals surface area contributed by atoms with Crippen LogP contribution in [0, 0.1) is 0 Å². The van der Waals surface area contributed by atoms with Gasteiger partial charge >= 0.3 is 5.97 Å². The van der Waals surface area contributed by atoms with Crippen molar-refractivity contribution in [3.8, 4) is 0 Å². The molecule has 0 aliphatic carbocycles. The maximum Gasteiger partial charge on any atom is 0.354 e. The highest BCUT2D eigenvalue weighted by Gasteiger charge is 2.20. The van der Waals surface area contributed by atoms with Crippen LogP contribution in [0.25, 0.3) is 0 Å². The van der Waals surface area contributed by atoms with E-state index < -0.39 is 12.1 Å². The second-order valence-corrected chi connectivity index (χ2v) is 9.75. The van der Waals surface area contributed by atoms with E-state index in [0.717, 1.165) is 25.7 Å². The highest BCUT2D eigenvalue weighted by Crippen LogP contribution is 2.11. The van der Waals surface area contributed by atoms with Crippen molar-refractivity contribution in [3.05, 3.63) is 0 Å². The zero-order valence-electron chi connectivity index (χ0n) is 22.5. The highest BCUT2D eigenvalue weighted by atomic mass is 16.7. The van der Waals surface area contributed by atoms with Crippen molar-refractivity contribution in [2.45, 2.75) is 155 Å². The Morgan fingerprint density at radius 3 is 1.44 bits per heavy atom. The summed E-state index contributed by atoms with van der Waals surface area (Å²) in [5, 5.41) is 12.6. The molecular formula is C28H56N2O4. The van der Waals surface area contributed by atoms with Gasteiger partial charge in [0, 0.05) is 13.1 Å². The molecule has 0 aliphatic heterocycles. The van der Waals surface area contributed by atoms with Crippen molar-refractivity contribution in [1.29, 1.82) is 0 Å². The van der Waals surface area contributed by atoms with E-state index in [0.29, 0.717) is 13.1 Å². The van der Waals surface area contributed by atoms with Crippen LogP contribution in [-0.4, -0.2) is 36.2 Å². The lowest BCUT2D eigenvalue weighted by atomic mass is 10.1. The van der Waals surface area contributed by atoms with Crippen LogP contribution >= 0.6 is 0 Å². The first-order chi connectivity index (χ1) is 16.6. The molecule has 3 N–H and O–H groups in total. The first-order valence-electron chi connectivity index (χ1n) is 14.5. The molecule has 6 heteroatoms. The Hall–Kier alpha value is -1.14. The lowest BCUT2D eigenvalue weighted by Gasteiger charge is -2.11. The molecule has 0 rings (SSSR count). The maximum atomic E-state index is 11.9. The first kappa shape index (κ1) is 32.9. The van der Waals surface area contributed by atoms with Gasteiger partial charge in [-0.3, -0.25) is 4.79 Å². The molecule has 0 aromatic carbocycles. The fourth-order valence-electron chi connectivity index (χ4n) is 4.05. The Morgan fingerprint density at radius 2 is 1.00 bits per heavy atom. The molecule has 0 aromatic heterocycles. The number of hydroxylamine groups is 1. The molecule has 0 radical (unpaired) electrons. The third-order valence-electron chi connectivity index (χ3n) is 6.31. The van der Waals surface area contributed by atoms with Crippen LogP contribution in [-0.2, 0) is 14.4 Å². The minimum absolute atomic E-state index is 0.253. The molecule has 1 atom stereocenters. The summed E-state index contributed by atoms with van der Waals surface area (Å²) in [6.45, 7) is 5.64. The number of hydrogen-bond donors (Lipinski definition) is 3. The Bertz CT molecular complexity index is 460. The Kier molecular flexibility index (Phi) is 25.6. The highest BCUT2D eigenvalue weighted by molar-refractivity contribution is 5.84. The summed E-state index contributed by atoms with van der Waals surface area (Å²) in [5.41, 5.74) is 2.61. The number of aliphatic hydroxyl groups is 1. The minimum Gasteiger partial charge on any atom is -0.381 e. The largest absolute Gasteiger partial charge is 0.381 e. The van der Waals surface area contributed by atoms with Crippen LogP contribution in [0.5, 0.6) is 0 Å². The van der Waals surface area contributed by atoms with Gasteiger partial charge in [-0.2, -0.15) is 5.48 Å². The van der Waals surface area contributed by atoms with E-state index in [9.17, 15) is 14.7 Å².